The Morgan fingerprint density at radius 3 is 1.67 bits per heavy atom. The van der Waals surface area contributed by atoms with Crippen LogP contribution in [0.25, 0.3) is 0 Å². The zero-order valence-electron chi connectivity index (χ0n) is 13.3. The van der Waals surface area contributed by atoms with Gasteiger partial charge in [-0.1, -0.05) is 0 Å². The maximum atomic E-state index is 12.7. The number of rotatable bonds is 5. The standard InChI is InChI=1S/C17H16N4O3/c1-12(11-13(2)22)20-21(16(23)14-3-7-18-8-4-14)17(24)15-5-9-19-10-6-15/h3-10H,11H2,1-2H3. The van der Waals surface area contributed by atoms with E-state index in [0.717, 1.165) is 5.01 Å². The van der Waals surface area contributed by atoms with Gasteiger partial charge in [0.2, 0.25) is 0 Å². The molecule has 2 amide bonds. The van der Waals surface area contributed by atoms with Crippen LogP contribution in [0.1, 0.15) is 41.0 Å². The molecule has 2 rings (SSSR count). The Balaban J connectivity index is 2.40. The van der Waals surface area contributed by atoms with Crippen LogP contribution in [0.2, 0.25) is 0 Å². The molecule has 0 saturated heterocycles. The van der Waals surface area contributed by atoms with E-state index in [1.54, 1.807) is 6.92 Å². The molecule has 0 aliphatic carbocycles. The molecule has 0 saturated carbocycles. The summed E-state index contributed by atoms with van der Waals surface area (Å²) in [6.07, 6.45) is 5.87. The minimum atomic E-state index is -0.595. The predicted octanol–water partition coefficient (Wildman–Crippen LogP) is 2.11. The topological polar surface area (TPSA) is 92.6 Å². The van der Waals surface area contributed by atoms with Gasteiger partial charge in [-0.25, -0.2) is 0 Å². The Morgan fingerprint density at radius 2 is 1.29 bits per heavy atom. The van der Waals surface area contributed by atoms with Crippen molar-refractivity contribution in [2.24, 2.45) is 5.10 Å². The van der Waals surface area contributed by atoms with Crippen molar-refractivity contribution in [1.82, 2.24) is 15.0 Å². The van der Waals surface area contributed by atoms with Crippen LogP contribution in [0, 0.1) is 0 Å². The summed E-state index contributed by atoms with van der Waals surface area (Å²) >= 11 is 0. The monoisotopic (exact) mass is 324 g/mol. The Hall–Kier alpha value is -3.22. The number of imide groups is 1. The minimum absolute atomic E-state index is 0.0593. The van der Waals surface area contributed by atoms with Gasteiger partial charge in [-0.15, -0.1) is 0 Å². The normalized spacial score (nSPS) is 11.0. The average molecular weight is 324 g/mol. The molecule has 0 atom stereocenters. The first kappa shape index (κ1) is 17.1. The van der Waals surface area contributed by atoms with Crippen molar-refractivity contribution in [2.45, 2.75) is 20.3 Å². The Morgan fingerprint density at radius 1 is 0.875 bits per heavy atom. The molecule has 0 aromatic carbocycles. The highest BCUT2D eigenvalue weighted by molar-refractivity contribution is 6.11. The molecule has 7 heteroatoms. The van der Waals surface area contributed by atoms with E-state index in [0.29, 0.717) is 5.71 Å². The molecular formula is C17H16N4O3. The highest BCUT2D eigenvalue weighted by Crippen LogP contribution is 2.11. The lowest BCUT2D eigenvalue weighted by Gasteiger charge is -2.16. The van der Waals surface area contributed by atoms with E-state index in [4.69, 9.17) is 0 Å². The molecule has 0 aliphatic heterocycles. The maximum absolute atomic E-state index is 12.7. The zero-order valence-corrected chi connectivity index (χ0v) is 13.3. The number of Topliss-reactive ketones (excluding diaryl/α,β-unsaturated/α-hetero) is 1. The highest BCUT2D eigenvalue weighted by atomic mass is 16.2. The third kappa shape index (κ3) is 4.39. The van der Waals surface area contributed by atoms with Gasteiger partial charge in [0.25, 0.3) is 11.8 Å². The molecular weight excluding hydrogens is 308 g/mol. The Kier molecular flexibility index (Phi) is 5.62. The smallest absolute Gasteiger partial charge is 0.281 e. The summed E-state index contributed by atoms with van der Waals surface area (Å²) in [6, 6.07) is 5.96. The second kappa shape index (κ2) is 7.87. The summed E-state index contributed by atoms with van der Waals surface area (Å²) in [6.45, 7) is 3.01. The lowest BCUT2D eigenvalue weighted by atomic mass is 10.2. The van der Waals surface area contributed by atoms with Crippen molar-refractivity contribution in [3.05, 3.63) is 60.2 Å². The lowest BCUT2D eigenvalue weighted by molar-refractivity contribution is -0.115. The van der Waals surface area contributed by atoms with E-state index >= 15 is 0 Å². The molecule has 0 spiro atoms. The SMILES string of the molecule is CC(=O)CC(C)=NN(C(=O)c1ccncc1)C(=O)c1ccncc1. The summed E-state index contributed by atoms with van der Waals surface area (Å²) < 4.78 is 0. The molecule has 0 unspecified atom stereocenters. The van der Waals surface area contributed by atoms with Crippen LogP contribution in [0.3, 0.4) is 0 Å². The van der Waals surface area contributed by atoms with Crippen LogP contribution < -0.4 is 0 Å². The number of hydrazone groups is 1. The van der Waals surface area contributed by atoms with E-state index in [9.17, 15) is 14.4 Å². The second-order valence-corrected chi connectivity index (χ2v) is 5.11. The number of nitrogens with zero attached hydrogens (tertiary/aromatic N) is 4. The highest BCUT2D eigenvalue weighted by Gasteiger charge is 2.24. The van der Waals surface area contributed by atoms with E-state index < -0.39 is 11.8 Å². The van der Waals surface area contributed by atoms with Crippen LogP contribution in [0.15, 0.2) is 54.2 Å². The number of carbonyl (C=O) groups is 3. The number of pyridine rings is 2. The van der Waals surface area contributed by atoms with Crippen LogP contribution in [-0.4, -0.2) is 38.3 Å². The summed E-state index contributed by atoms with van der Waals surface area (Å²) in [5.74, 6) is -1.30. The van der Waals surface area contributed by atoms with Gasteiger partial charge in [0.05, 0.1) is 0 Å². The van der Waals surface area contributed by atoms with E-state index in [1.165, 1.54) is 56.0 Å². The number of aromatic nitrogens is 2. The quantitative estimate of drug-likeness (QED) is 0.477. The molecule has 0 N–H and O–H groups in total. The van der Waals surface area contributed by atoms with Gasteiger partial charge in [-0.05, 0) is 38.1 Å². The predicted molar refractivity (Wildman–Crippen MR) is 87.4 cm³/mol. The van der Waals surface area contributed by atoms with E-state index in [2.05, 4.69) is 15.1 Å². The fraction of sp³-hybridized carbons (Fsp3) is 0.176. The van der Waals surface area contributed by atoms with Gasteiger partial charge in [0.15, 0.2) is 0 Å². The van der Waals surface area contributed by atoms with Gasteiger partial charge in [-0.3, -0.25) is 24.4 Å². The number of carbonyl (C=O) groups excluding carboxylic acids is 3. The number of ketones is 1. The Bertz CT molecular complexity index is 721. The minimum Gasteiger partial charge on any atom is -0.300 e. The van der Waals surface area contributed by atoms with Crippen molar-refractivity contribution in [3.63, 3.8) is 0 Å². The number of hydrogen-bond acceptors (Lipinski definition) is 6. The number of amides is 2. The molecule has 24 heavy (non-hydrogen) atoms. The van der Waals surface area contributed by atoms with Gasteiger partial charge >= 0.3 is 0 Å². The molecule has 0 radical (unpaired) electrons. The van der Waals surface area contributed by atoms with Gasteiger partial charge in [-0.2, -0.15) is 10.1 Å². The van der Waals surface area contributed by atoms with Gasteiger partial charge in [0.1, 0.15) is 5.78 Å². The first-order valence-electron chi connectivity index (χ1n) is 7.21. The Labute approximate surface area is 139 Å². The summed E-state index contributed by atoms with van der Waals surface area (Å²) in [5.41, 5.74) is 0.908. The molecule has 2 aromatic heterocycles. The molecule has 7 nitrogen and oxygen atoms in total. The van der Waals surface area contributed by atoms with Crippen molar-refractivity contribution < 1.29 is 14.4 Å². The molecule has 2 aromatic rings. The van der Waals surface area contributed by atoms with Gasteiger partial charge < -0.3 is 0 Å². The summed E-state index contributed by atoms with van der Waals surface area (Å²) in [5, 5.41) is 4.83. The average Bonchev–Trinajstić information content (AvgIpc) is 2.59. The first-order chi connectivity index (χ1) is 11.5. The third-order valence-corrected chi connectivity index (χ3v) is 3.01. The second-order valence-electron chi connectivity index (χ2n) is 5.11. The molecule has 2 heterocycles. The van der Waals surface area contributed by atoms with Crippen LogP contribution in [-0.2, 0) is 4.79 Å². The first-order valence-corrected chi connectivity index (χ1v) is 7.21. The fourth-order valence-electron chi connectivity index (χ4n) is 1.98. The van der Waals surface area contributed by atoms with Crippen molar-refractivity contribution >= 4 is 23.3 Å². The summed E-state index contributed by atoms with van der Waals surface area (Å²) in [7, 11) is 0. The van der Waals surface area contributed by atoms with E-state index in [-0.39, 0.29) is 23.3 Å². The maximum Gasteiger partial charge on any atom is 0.281 e. The van der Waals surface area contributed by atoms with Crippen LogP contribution >= 0.6 is 0 Å². The van der Waals surface area contributed by atoms with Crippen molar-refractivity contribution in [1.29, 1.82) is 0 Å². The molecule has 0 aliphatic rings. The molecule has 0 fully saturated rings. The van der Waals surface area contributed by atoms with Crippen molar-refractivity contribution in [3.8, 4) is 0 Å². The third-order valence-electron chi connectivity index (χ3n) is 3.01. The largest absolute Gasteiger partial charge is 0.300 e. The molecule has 122 valence electrons. The van der Waals surface area contributed by atoms with E-state index in [1.807, 2.05) is 0 Å². The zero-order chi connectivity index (χ0) is 17.5. The number of hydrogen-bond donors (Lipinski definition) is 0. The van der Waals surface area contributed by atoms with Crippen molar-refractivity contribution in [2.75, 3.05) is 0 Å². The van der Waals surface area contributed by atoms with Crippen LogP contribution in [0.5, 0.6) is 0 Å². The lowest BCUT2D eigenvalue weighted by Crippen LogP contribution is -2.33. The van der Waals surface area contributed by atoms with Gasteiger partial charge in [0, 0.05) is 48.0 Å². The fourth-order valence-corrected chi connectivity index (χ4v) is 1.98. The van der Waals surface area contributed by atoms with Crippen LogP contribution in [0.4, 0.5) is 0 Å². The molecule has 0 bridgehead atoms. The summed E-state index contributed by atoms with van der Waals surface area (Å²) in [4.78, 5) is 44.2.